The Labute approximate surface area is 104 Å². The van der Waals surface area contributed by atoms with E-state index in [4.69, 9.17) is 4.74 Å². The molecule has 2 heteroatoms. The van der Waals surface area contributed by atoms with Crippen molar-refractivity contribution in [1.82, 2.24) is 4.90 Å². The van der Waals surface area contributed by atoms with Crippen LogP contribution in [0.5, 0.6) is 5.75 Å². The largest absolute Gasteiger partial charge is 0.490 e. The maximum Gasteiger partial charge on any atom is 0.119 e. The van der Waals surface area contributed by atoms with Gasteiger partial charge in [-0.05, 0) is 38.1 Å². The second-order valence-electron chi connectivity index (χ2n) is 5.27. The molecule has 0 N–H and O–H groups in total. The van der Waals surface area contributed by atoms with Gasteiger partial charge in [0.25, 0.3) is 0 Å². The second-order valence-corrected chi connectivity index (χ2v) is 5.27. The fraction of sp³-hybridized carbons (Fsp3) is 0.600. The van der Waals surface area contributed by atoms with Gasteiger partial charge in [-0.25, -0.2) is 0 Å². The number of para-hydroxylation sites is 1. The summed E-state index contributed by atoms with van der Waals surface area (Å²) in [6.07, 6.45) is 7.09. The first kappa shape index (κ1) is 11.1. The summed E-state index contributed by atoms with van der Waals surface area (Å²) in [6.45, 7) is 2.62. The van der Waals surface area contributed by atoms with Gasteiger partial charge in [0, 0.05) is 18.9 Å². The van der Waals surface area contributed by atoms with Crippen molar-refractivity contribution in [2.24, 2.45) is 0 Å². The van der Waals surface area contributed by atoms with Gasteiger partial charge in [0.15, 0.2) is 0 Å². The van der Waals surface area contributed by atoms with E-state index < -0.39 is 0 Å². The van der Waals surface area contributed by atoms with Gasteiger partial charge in [0.2, 0.25) is 0 Å². The van der Waals surface area contributed by atoms with Gasteiger partial charge in [0.05, 0.1) is 0 Å². The molecule has 0 unspecified atom stereocenters. The number of nitrogens with zero attached hydrogens (tertiary/aromatic N) is 1. The SMILES string of the molecule is c1ccc(OC2CC(N3CCCCC3)C2)cc1. The van der Waals surface area contributed by atoms with Crippen molar-refractivity contribution in [3.05, 3.63) is 30.3 Å². The van der Waals surface area contributed by atoms with E-state index in [1.807, 2.05) is 30.3 Å². The van der Waals surface area contributed by atoms with Gasteiger partial charge in [0.1, 0.15) is 11.9 Å². The predicted octanol–water partition coefficient (Wildman–Crippen LogP) is 3.08. The van der Waals surface area contributed by atoms with E-state index in [-0.39, 0.29) is 0 Å². The van der Waals surface area contributed by atoms with Crippen molar-refractivity contribution in [3.8, 4) is 5.75 Å². The van der Waals surface area contributed by atoms with Crippen LogP contribution in [0.2, 0.25) is 0 Å². The lowest BCUT2D eigenvalue weighted by molar-refractivity contribution is 0.00892. The number of likely N-dealkylation sites (tertiary alicyclic amines) is 1. The number of hydrogen-bond acceptors (Lipinski definition) is 2. The fourth-order valence-corrected chi connectivity index (χ4v) is 2.91. The average Bonchev–Trinajstić information content (AvgIpc) is 2.36. The molecule has 92 valence electrons. The molecule has 2 nitrogen and oxygen atoms in total. The summed E-state index contributed by atoms with van der Waals surface area (Å²) in [6, 6.07) is 11.0. The van der Waals surface area contributed by atoms with Crippen molar-refractivity contribution >= 4 is 0 Å². The molecule has 0 spiro atoms. The number of hydrogen-bond donors (Lipinski definition) is 0. The van der Waals surface area contributed by atoms with Crippen molar-refractivity contribution < 1.29 is 4.74 Å². The minimum absolute atomic E-state index is 0.448. The van der Waals surface area contributed by atoms with Crippen LogP contribution in [0.15, 0.2) is 30.3 Å². The second kappa shape index (κ2) is 5.09. The first-order chi connectivity index (χ1) is 8.42. The summed E-state index contributed by atoms with van der Waals surface area (Å²) in [5, 5.41) is 0. The zero-order chi connectivity index (χ0) is 11.5. The zero-order valence-corrected chi connectivity index (χ0v) is 10.3. The van der Waals surface area contributed by atoms with E-state index in [9.17, 15) is 0 Å². The molecule has 1 aromatic rings. The minimum atomic E-state index is 0.448. The van der Waals surface area contributed by atoms with E-state index >= 15 is 0 Å². The van der Waals surface area contributed by atoms with Gasteiger partial charge >= 0.3 is 0 Å². The molecule has 1 aromatic carbocycles. The standard InChI is InChI=1S/C15H21NO/c1-3-7-14(8-4-1)17-15-11-13(12-15)16-9-5-2-6-10-16/h1,3-4,7-8,13,15H,2,5-6,9-12H2. The van der Waals surface area contributed by atoms with Crippen LogP contribution in [0.4, 0.5) is 0 Å². The summed E-state index contributed by atoms with van der Waals surface area (Å²) in [5.41, 5.74) is 0. The van der Waals surface area contributed by atoms with E-state index in [1.54, 1.807) is 0 Å². The summed E-state index contributed by atoms with van der Waals surface area (Å²) >= 11 is 0. The molecule has 1 aliphatic heterocycles. The monoisotopic (exact) mass is 231 g/mol. The Hall–Kier alpha value is -1.02. The van der Waals surface area contributed by atoms with E-state index in [0.717, 1.165) is 11.8 Å². The Morgan fingerprint density at radius 2 is 1.65 bits per heavy atom. The van der Waals surface area contributed by atoms with Crippen LogP contribution in [0.3, 0.4) is 0 Å². The third-order valence-corrected chi connectivity index (χ3v) is 4.02. The Bertz CT molecular complexity index is 339. The lowest BCUT2D eigenvalue weighted by atomic mass is 9.86. The fourth-order valence-electron chi connectivity index (χ4n) is 2.91. The van der Waals surface area contributed by atoms with Gasteiger partial charge in [-0.1, -0.05) is 24.6 Å². The van der Waals surface area contributed by atoms with Crippen LogP contribution in [0.25, 0.3) is 0 Å². The lowest BCUT2D eigenvalue weighted by Gasteiger charge is -2.44. The van der Waals surface area contributed by atoms with Crippen LogP contribution in [0, 0.1) is 0 Å². The molecule has 1 saturated carbocycles. The molecular formula is C15H21NO. The molecule has 1 heterocycles. The summed E-state index contributed by atoms with van der Waals surface area (Å²) in [7, 11) is 0. The van der Waals surface area contributed by atoms with E-state index in [0.29, 0.717) is 6.10 Å². The highest BCUT2D eigenvalue weighted by Gasteiger charge is 2.35. The van der Waals surface area contributed by atoms with Crippen molar-refractivity contribution in [2.75, 3.05) is 13.1 Å². The number of benzene rings is 1. The van der Waals surface area contributed by atoms with Gasteiger partial charge in [-0.15, -0.1) is 0 Å². The molecule has 0 amide bonds. The number of piperidine rings is 1. The third-order valence-electron chi connectivity index (χ3n) is 4.02. The zero-order valence-electron chi connectivity index (χ0n) is 10.3. The van der Waals surface area contributed by atoms with Crippen molar-refractivity contribution in [2.45, 2.75) is 44.2 Å². The molecule has 1 aliphatic carbocycles. The van der Waals surface area contributed by atoms with Gasteiger partial charge in [-0.2, -0.15) is 0 Å². The van der Waals surface area contributed by atoms with Crippen LogP contribution in [0.1, 0.15) is 32.1 Å². The molecule has 2 aliphatic rings. The Balaban J connectivity index is 1.45. The lowest BCUT2D eigenvalue weighted by Crippen LogP contribution is -2.50. The Kier molecular flexibility index (Phi) is 3.32. The van der Waals surface area contributed by atoms with Crippen molar-refractivity contribution in [3.63, 3.8) is 0 Å². The normalized spacial score (nSPS) is 29.6. The summed E-state index contributed by atoms with van der Waals surface area (Å²) < 4.78 is 5.94. The van der Waals surface area contributed by atoms with Crippen LogP contribution in [-0.2, 0) is 0 Å². The molecule has 17 heavy (non-hydrogen) atoms. The highest BCUT2D eigenvalue weighted by Crippen LogP contribution is 2.31. The first-order valence-electron chi connectivity index (χ1n) is 6.87. The quantitative estimate of drug-likeness (QED) is 0.792. The first-order valence-corrected chi connectivity index (χ1v) is 6.87. The molecule has 0 aromatic heterocycles. The van der Waals surface area contributed by atoms with Crippen LogP contribution >= 0.6 is 0 Å². The van der Waals surface area contributed by atoms with Crippen LogP contribution < -0.4 is 4.74 Å². The third kappa shape index (κ3) is 2.63. The maximum atomic E-state index is 5.94. The van der Waals surface area contributed by atoms with Gasteiger partial charge < -0.3 is 9.64 Å². The summed E-state index contributed by atoms with van der Waals surface area (Å²) in [5.74, 6) is 1.02. The Morgan fingerprint density at radius 3 is 2.35 bits per heavy atom. The highest BCUT2D eigenvalue weighted by molar-refractivity contribution is 5.21. The Morgan fingerprint density at radius 1 is 0.941 bits per heavy atom. The maximum absolute atomic E-state index is 5.94. The summed E-state index contributed by atoms with van der Waals surface area (Å²) in [4.78, 5) is 2.66. The van der Waals surface area contributed by atoms with Crippen LogP contribution in [-0.4, -0.2) is 30.1 Å². The average molecular weight is 231 g/mol. The minimum Gasteiger partial charge on any atom is -0.490 e. The predicted molar refractivity (Wildman–Crippen MR) is 69.3 cm³/mol. The van der Waals surface area contributed by atoms with Crippen molar-refractivity contribution in [1.29, 1.82) is 0 Å². The van der Waals surface area contributed by atoms with Gasteiger partial charge in [-0.3, -0.25) is 0 Å². The molecule has 0 atom stereocenters. The molecule has 1 saturated heterocycles. The smallest absolute Gasteiger partial charge is 0.119 e. The van der Waals surface area contributed by atoms with E-state index in [2.05, 4.69) is 4.90 Å². The molecule has 3 rings (SSSR count). The molecule has 2 fully saturated rings. The van der Waals surface area contributed by atoms with E-state index in [1.165, 1.54) is 45.2 Å². The molecule has 0 bridgehead atoms. The molecular weight excluding hydrogens is 210 g/mol. The number of ether oxygens (including phenoxy) is 1. The topological polar surface area (TPSA) is 12.5 Å². The molecule has 0 radical (unpaired) electrons. The highest BCUT2D eigenvalue weighted by atomic mass is 16.5. The number of rotatable bonds is 3.